The van der Waals surface area contributed by atoms with E-state index in [-0.39, 0.29) is 31.1 Å². The number of hydrogen-bond donors (Lipinski definition) is 0. The lowest BCUT2D eigenvalue weighted by atomic mass is 10.1. The summed E-state index contributed by atoms with van der Waals surface area (Å²) in [5.41, 5.74) is 0. The van der Waals surface area contributed by atoms with Crippen molar-refractivity contribution in [3.05, 3.63) is 72.9 Å². The van der Waals surface area contributed by atoms with Crippen molar-refractivity contribution in [2.45, 2.75) is 213 Å². The topological polar surface area (TPSA) is 78.9 Å². The van der Waals surface area contributed by atoms with Crippen molar-refractivity contribution in [1.82, 2.24) is 0 Å². The molecule has 1 unspecified atom stereocenters. The smallest absolute Gasteiger partial charge is 0.306 e. The molecular weight excluding hydrogens is 697 g/mol. The minimum atomic E-state index is -0.788. The standard InChI is InChI=1S/C50H84O6/c1-4-7-10-13-15-17-19-21-23-24-25-26-27-29-30-32-34-37-40-43-49(52)55-46-47(45-54-48(51)42-39-36-12-9-6-3)56-50(53)44-41-38-35-33-31-28-22-20-18-16-14-11-8-5-2/h7,10,15,17,20-23,25-26,29-30,47H,4-6,8-9,11-14,16,18-19,24,27-28,31-46H2,1-3H3/b10-7-,17-15-,22-20-,23-21-,26-25-,30-29-. The minimum Gasteiger partial charge on any atom is -0.462 e. The van der Waals surface area contributed by atoms with E-state index in [9.17, 15) is 14.4 Å². The number of allylic oxidation sites excluding steroid dienone is 12. The summed E-state index contributed by atoms with van der Waals surface area (Å²) in [5, 5.41) is 0. The van der Waals surface area contributed by atoms with Crippen LogP contribution in [-0.2, 0) is 28.6 Å². The fourth-order valence-corrected chi connectivity index (χ4v) is 5.99. The molecule has 0 aromatic rings. The second-order valence-electron chi connectivity index (χ2n) is 14.9. The molecule has 0 aliphatic heterocycles. The van der Waals surface area contributed by atoms with Gasteiger partial charge in [0.05, 0.1) is 0 Å². The van der Waals surface area contributed by atoms with Crippen LogP contribution in [0.4, 0.5) is 0 Å². The molecule has 0 fully saturated rings. The van der Waals surface area contributed by atoms with Gasteiger partial charge in [0.1, 0.15) is 13.2 Å². The average molecular weight is 781 g/mol. The molecular formula is C50H84O6. The molecule has 0 bridgehead atoms. The Morgan fingerprint density at radius 1 is 0.375 bits per heavy atom. The molecule has 56 heavy (non-hydrogen) atoms. The first-order valence-electron chi connectivity index (χ1n) is 22.9. The van der Waals surface area contributed by atoms with Crippen LogP contribution in [0.1, 0.15) is 207 Å². The summed E-state index contributed by atoms with van der Waals surface area (Å²) in [7, 11) is 0. The van der Waals surface area contributed by atoms with E-state index in [1.54, 1.807) is 0 Å². The van der Waals surface area contributed by atoms with Gasteiger partial charge in [-0.3, -0.25) is 14.4 Å². The number of rotatable bonds is 40. The average Bonchev–Trinajstić information content (AvgIpc) is 3.19. The fraction of sp³-hybridized carbons (Fsp3) is 0.700. The minimum absolute atomic E-state index is 0.0910. The third-order valence-electron chi connectivity index (χ3n) is 9.45. The van der Waals surface area contributed by atoms with Crippen LogP contribution >= 0.6 is 0 Å². The zero-order chi connectivity index (χ0) is 40.8. The third-order valence-corrected chi connectivity index (χ3v) is 9.45. The first kappa shape index (κ1) is 52.9. The Bertz CT molecular complexity index is 1080. The van der Waals surface area contributed by atoms with Crippen LogP contribution in [0.5, 0.6) is 0 Å². The van der Waals surface area contributed by atoms with Gasteiger partial charge < -0.3 is 14.2 Å². The zero-order valence-corrected chi connectivity index (χ0v) is 36.4. The lowest BCUT2D eigenvalue weighted by Gasteiger charge is -2.18. The monoisotopic (exact) mass is 781 g/mol. The van der Waals surface area contributed by atoms with E-state index < -0.39 is 6.10 Å². The van der Waals surface area contributed by atoms with Gasteiger partial charge >= 0.3 is 17.9 Å². The van der Waals surface area contributed by atoms with Crippen molar-refractivity contribution in [2.75, 3.05) is 13.2 Å². The number of ether oxygens (including phenoxy) is 3. The molecule has 320 valence electrons. The first-order chi connectivity index (χ1) is 27.5. The quantitative estimate of drug-likeness (QED) is 0.0267. The van der Waals surface area contributed by atoms with Gasteiger partial charge in [0.2, 0.25) is 0 Å². The summed E-state index contributed by atoms with van der Waals surface area (Å²) < 4.78 is 16.6. The van der Waals surface area contributed by atoms with Crippen molar-refractivity contribution >= 4 is 17.9 Å². The van der Waals surface area contributed by atoms with E-state index >= 15 is 0 Å². The zero-order valence-electron chi connectivity index (χ0n) is 36.4. The maximum atomic E-state index is 12.7. The fourth-order valence-electron chi connectivity index (χ4n) is 5.99. The summed E-state index contributed by atoms with van der Waals surface area (Å²) in [6, 6.07) is 0. The second-order valence-corrected chi connectivity index (χ2v) is 14.9. The van der Waals surface area contributed by atoms with Gasteiger partial charge in [-0.05, 0) is 89.9 Å². The Labute approximate surface area is 344 Å². The SMILES string of the molecule is CC/C=C\C/C=C\C/C=C\C/C=C\C/C=C\CCCCCC(=O)OCC(COC(=O)CCCCCCC)OC(=O)CCCCCCC/C=C\CCCCCCC. The molecule has 6 heteroatoms. The van der Waals surface area contributed by atoms with Crippen LogP contribution in [0.15, 0.2) is 72.9 Å². The molecule has 0 aromatic heterocycles. The highest BCUT2D eigenvalue weighted by Gasteiger charge is 2.19. The molecule has 0 amide bonds. The van der Waals surface area contributed by atoms with Crippen molar-refractivity contribution in [2.24, 2.45) is 0 Å². The van der Waals surface area contributed by atoms with Gasteiger partial charge in [0.25, 0.3) is 0 Å². The number of carbonyl (C=O) groups is 3. The van der Waals surface area contributed by atoms with E-state index in [1.165, 1.54) is 51.4 Å². The van der Waals surface area contributed by atoms with Crippen LogP contribution in [-0.4, -0.2) is 37.2 Å². The van der Waals surface area contributed by atoms with Crippen LogP contribution in [0.3, 0.4) is 0 Å². The first-order valence-corrected chi connectivity index (χ1v) is 22.9. The molecule has 0 aliphatic carbocycles. The highest BCUT2D eigenvalue weighted by molar-refractivity contribution is 5.71. The highest BCUT2D eigenvalue weighted by atomic mass is 16.6. The Kier molecular flexibility index (Phi) is 42.1. The van der Waals surface area contributed by atoms with Gasteiger partial charge in [0, 0.05) is 19.3 Å². The number of unbranched alkanes of at least 4 members (excludes halogenated alkanes) is 17. The summed E-state index contributed by atoms with van der Waals surface area (Å²) in [6.07, 6.45) is 54.8. The van der Waals surface area contributed by atoms with Crippen molar-refractivity contribution in [3.63, 3.8) is 0 Å². The van der Waals surface area contributed by atoms with Crippen LogP contribution in [0.2, 0.25) is 0 Å². The van der Waals surface area contributed by atoms with E-state index in [4.69, 9.17) is 14.2 Å². The largest absolute Gasteiger partial charge is 0.462 e. The Morgan fingerprint density at radius 2 is 0.696 bits per heavy atom. The molecule has 0 aliphatic rings. The molecule has 0 saturated heterocycles. The van der Waals surface area contributed by atoms with Gasteiger partial charge in [-0.25, -0.2) is 0 Å². The Hall–Kier alpha value is -3.15. The molecule has 0 rings (SSSR count). The lowest BCUT2D eigenvalue weighted by molar-refractivity contribution is -0.167. The van der Waals surface area contributed by atoms with Gasteiger partial charge in [-0.15, -0.1) is 0 Å². The molecule has 6 nitrogen and oxygen atoms in total. The predicted octanol–water partition coefficient (Wildman–Crippen LogP) is 14.7. The van der Waals surface area contributed by atoms with Crippen LogP contribution in [0.25, 0.3) is 0 Å². The van der Waals surface area contributed by atoms with Crippen molar-refractivity contribution < 1.29 is 28.6 Å². The molecule has 0 radical (unpaired) electrons. The van der Waals surface area contributed by atoms with E-state index in [2.05, 4.69) is 93.7 Å². The van der Waals surface area contributed by atoms with Crippen molar-refractivity contribution in [3.8, 4) is 0 Å². The normalized spacial score (nSPS) is 12.7. The Morgan fingerprint density at radius 3 is 1.12 bits per heavy atom. The summed E-state index contributed by atoms with van der Waals surface area (Å²) in [5.74, 6) is -0.952. The Balaban J connectivity index is 4.30. The second kappa shape index (κ2) is 44.6. The highest BCUT2D eigenvalue weighted by Crippen LogP contribution is 2.12. The van der Waals surface area contributed by atoms with E-state index in [1.807, 2.05) is 0 Å². The summed E-state index contributed by atoms with van der Waals surface area (Å²) in [6.45, 7) is 6.37. The van der Waals surface area contributed by atoms with Crippen LogP contribution in [0, 0.1) is 0 Å². The maximum Gasteiger partial charge on any atom is 0.306 e. The molecule has 0 heterocycles. The number of hydrogen-bond acceptors (Lipinski definition) is 6. The lowest BCUT2D eigenvalue weighted by Crippen LogP contribution is -2.30. The van der Waals surface area contributed by atoms with Gasteiger partial charge in [-0.2, -0.15) is 0 Å². The van der Waals surface area contributed by atoms with Gasteiger partial charge in [0.15, 0.2) is 6.10 Å². The molecule has 0 saturated carbocycles. The van der Waals surface area contributed by atoms with Crippen LogP contribution < -0.4 is 0 Å². The van der Waals surface area contributed by atoms with E-state index in [0.29, 0.717) is 19.3 Å². The van der Waals surface area contributed by atoms with Crippen molar-refractivity contribution in [1.29, 1.82) is 0 Å². The summed E-state index contributed by atoms with van der Waals surface area (Å²) >= 11 is 0. The van der Waals surface area contributed by atoms with E-state index in [0.717, 1.165) is 116 Å². The maximum absolute atomic E-state index is 12.7. The molecule has 0 N–H and O–H groups in total. The summed E-state index contributed by atoms with van der Waals surface area (Å²) in [4.78, 5) is 37.5. The number of carbonyl (C=O) groups excluding carboxylic acids is 3. The molecule has 0 aromatic carbocycles. The van der Waals surface area contributed by atoms with Gasteiger partial charge in [-0.1, -0.05) is 171 Å². The molecule has 0 spiro atoms. The predicted molar refractivity (Wildman–Crippen MR) is 238 cm³/mol. The molecule has 1 atom stereocenters. The third kappa shape index (κ3) is 42.0. The number of esters is 3.